The van der Waals surface area contributed by atoms with E-state index in [1.807, 2.05) is 29.0 Å². The summed E-state index contributed by atoms with van der Waals surface area (Å²) in [5, 5.41) is 0.697. The third-order valence-electron chi connectivity index (χ3n) is 3.96. The quantitative estimate of drug-likeness (QED) is 0.309. The van der Waals surface area contributed by atoms with E-state index in [-0.39, 0.29) is 18.3 Å². The Hall–Kier alpha value is -1.45. The molecule has 0 saturated carbocycles. The standard InChI is InChI=1S/C18H14BrClN4OS2.ClH/c19-12-2-3-13-15(10-12)27-18(22-13)24(8-1-7-23-9-6-21-11-23)17(25)14-4-5-16(20)26-14;/h2-6,9-11H,1,7-8H2;1H. The normalized spacial score (nSPS) is 10.8. The van der Waals surface area contributed by atoms with Crippen LogP contribution < -0.4 is 4.90 Å². The zero-order valence-corrected chi connectivity index (χ0v) is 19.2. The number of fused-ring (bicyclic) bond motifs is 1. The number of aryl methyl sites for hydroxylation is 1. The maximum Gasteiger partial charge on any atom is 0.270 e. The molecule has 0 aliphatic heterocycles. The van der Waals surface area contributed by atoms with E-state index in [4.69, 9.17) is 11.6 Å². The Kier molecular flexibility index (Phi) is 7.11. The van der Waals surface area contributed by atoms with Crippen molar-refractivity contribution < 1.29 is 4.79 Å². The number of thiazole rings is 1. The fourth-order valence-electron chi connectivity index (χ4n) is 2.68. The summed E-state index contributed by atoms with van der Waals surface area (Å²) in [5.74, 6) is -0.0735. The third kappa shape index (κ3) is 4.75. The highest BCUT2D eigenvalue weighted by molar-refractivity contribution is 9.10. The monoisotopic (exact) mass is 516 g/mol. The molecule has 146 valence electrons. The fraction of sp³-hybridized carbons (Fsp3) is 0.167. The van der Waals surface area contributed by atoms with E-state index in [9.17, 15) is 4.79 Å². The number of nitrogens with zero attached hydrogens (tertiary/aromatic N) is 4. The van der Waals surface area contributed by atoms with Gasteiger partial charge >= 0.3 is 0 Å². The first-order valence-electron chi connectivity index (χ1n) is 8.19. The molecule has 0 radical (unpaired) electrons. The molecule has 0 aliphatic rings. The number of carbonyl (C=O) groups excluding carboxylic acids is 1. The second-order valence-electron chi connectivity index (χ2n) is 5.82. The molecule has 3 heterocycles. The van der Waals surface area contributed by atoms with Crippen LogP contribution in [0.1, 0.15) is 16.1 Å². The van der Waals surface area contributed by atoms with Gasteiger partial charge in [-0.05, 0) is 36.8 Å². The number of rotatable bonds is 6. The third-order valence-corrected chi connectivity index (χ3v) is 6.71. The van der Waals surface area contributed by atoms with Gasteiger partial charge in [0.1, 0.15) is 0 Å². The molecule has 1 amide bonds. The SMILES string of the molecule is Cl.O=C(c1ccc(Cl)s1)N(CCCn1ccnc1)c1nc2ccc(Br)cc2s1. The van der Waals surface area contributed by atoms with Crippen LogP contribution in [0.4, 0.5) is 5.13 Å². The summed E-state index contributed by atoms with van der Waals surface area (Å²) in [6.45, 7) is 1.35. The first-order chi connectivity index (χ1) is 13.1. The maximum atomic E-state index is 13.1. The van der Waals surface area contributed by atoms with Crippen molar-refractivity contribution in [3.8, 4) is 0 Å². The fourth-order valence-corrected chi connectivity index (χ4v) is 5.21. The lowest BCUT2D eigenvalue weighted by Crippen LogP contribution is -2.31. The van der Waals surface area contributed by atoms with E-state index < -0.39 is 0 Å². The highest BCUT2D eigenvalue weighted by Crippen LogP contribution is 2.33. The van der Waals surface area contributed by atoms with Gasteiger partial charge in [-0.25, -0.2) is 9.97 Å². The average molecular weight is 518 g/mol. The minimum atomic E-state index is -0.0735. The van der Waals surface area contributed by atoms with Gasteiger partial charge in [0.15, 0.2) is 5.13 Å². The molecular formula is C18H15BrCl2N4OS2. The summed E-state index contributed by atoms with van der Waals surface area (Å²) in [6.07, 6.45) is 6.24. The minimum absolute atomic E-state index is 0. The molecule has 5 nitrogen and oxygen atoms in total. The van der Waals surface area contributed by atoms with Gasteiger partial charge in [-0.15, -0.1) is 23.7 Å². The second kappa shape index (κ2) is 9.37. The molecular weight excluding hydrogens is 503 g/mol. The Morgan fingerprint density at radius 2 is 2.11 bits per heavy atom. The molecule has 0 unspecified atom stereocenters. The zero-order valence-electron chi connectivity index (χ0n) is 14.4. The van der Waals surface area contributed by atoms with E-state index in [1.54, 1.807) is 29.6 Å². The Morgan fingerprint density at radius 3 is 2.82 bits per heavy atom. The molecule has 0 spiro atoms. The van der Waals surface area contributed by atoms with Crippen molar-refractivity contribution >= 4 is 83.9 Å². The molecule has 0 aliphatic carbocycles. The summed E-state index contributed by atoms with van der Waals surface area (Å²) >= 11 is 12.3. The Bertz CT molecular complexity index is 1080. The van der Waals surface area contributed by atoms with Gasteiger partial charge in [-0.2, -0.15) is 0 Å². The number of aromatic nitrogens is 3. The molecule has 0 N–H and O–H groups in total. The van der Waals surface area contributed by atoms with Crippen LogP contribution in [0.2, 0.25) is 4.34 Å². The van der Waals surface area contributed by atoms with Crippen molar-refractivity contribution in [3.05, 3.63) is 62.7 Å². The summed E-state index contributed by atoms with van der Waals surface area (Å²) in [6, 6.07) is 9.44. The van der Waals surface area contributed by atoms with Crippen molar-refractivity contribution in [2.24, 2.45) is 0 Å². The summed E-state index contributed by atoms with van der Waals surface area (Å²) in [4.78, 5) is 24.2. The lowest BCUT2D eigenvalue weighted by Gasteiger charge is -2.19. The molecule has 3 aromatic heterocycles. The van der Waals surface area contributed by atoms with Crippen LogP contribution in [0.5, 0.6) is 0 Å². The number of thiophene rings is 1. The van der Waals surface area contributed by atoms with Crippen LogP contribution in [-0.2, 0) is 6.54 Å². The lowest BCUT2D eigenvalue weighted by molar-refractivity contribution is 0.0990. The van der Waals surface area contributed by atoms with Crippen molar-refractivity contribution in [3.63, 3.8) is 0 Å². The Labute approximate surface area is 189 Å². The topological polar surface area (TPSA) is 51.0 Å². The number of hydrogen-bond acceptors (Lipinski definition) is 5. The molecule has 0 bridgehead atoms. The number of amides is 1. The number of imidazole rings is 1. The van der Waals surface area contributed by atoms with E-state index in [2.05, 4.69) is 25.9 Å². The van der Waals surface area contributed by atoms with Crippen LogP contribution in [0.25, 0.3) is 10.2 Å². The van der Waals surface area contributed by atoms with Crippen LogP contribution in [-0.4, -0.2) is 27.0 Å². The number of anilines is 1. The van der Waals surface area contributed by atoms with Gasteiger partial charge in [-0.3, -0.25) is 9.69 Å². The molecule has 4 aromatic rings. The van der Waals surface area contributed by atoms with Crippen LogP contribution in [0.3, 0.4) is 0 Å². The molecule has 28 heavy (non-hydrogen) atoms. The van der Waals surface area contributed by atoms with Crippen molar-refractivity contribution in [1.82, 2.24) is 14.5 Å². The molecule has 10 heteroatoms. The van der Waals surface area contributed by atoms with Crippen molar-refractivity contribution in [2.45, 2.75) is 13.0 Å². The average Bonchev–Trinajstić information content (AvgIpc) is 3.38. The van der Waals surface area contributed by atoms with Crippen LogP contribution >= 0.6 is 62.6 Å². The summed E-state index contributed by atoms with van der Waals surface area (Å²) in [5.41, 5.74) is 0.884. The smallest absolute Gasteiger partial charge is 0.270 e. The highest BCUT2D eigenvalue weighted by Gasteiger charge is 2.22. The largest absolute Gasteiger partial charge is 0.337 e. The van der Waals surface area contributed by atoms with Gasteiger partial charge in [0.05, 0.1) is 25.8 Å². The summed E-state index contributed by atoms with van der Waals surface area (Å²) < 4.78 is 4.63. The van der Waals surface area contributed by atoms with E-state index in [0.717, 1.165) is 27.7 Å². The number of carbonyl (C=O) groups is 1. The molecule has 0 atom stereocenters. The Balaban J connectivity index is 0.00000225. The minimum Gasteiger partial charge on any atom is -0.337 e. The highest BCUT2D eigenvalue weighted by atomic mass is 79.9. The van der Waals surface area contributed by atoms with Crippen molar-refractivity contribution in [1.29, 1.82) is 0 Å². The van der Waals surface area contributed by atoms with E-state index in [1.165, 1.54) is 22.7 Å². The van der Waals surface area contributed by atoms with E-state index >= 15 is 0 Å². The summed E-state index contributed by atoms with van der Waals surface area (Å²) in [7, 11) is 0. The first-order valence-corrected chi connectivity index (χ1v) is 11.0. The van der Waals surface area contributed by atoms with Crippen molar-refractivity contribution in [2.75, 3.05) is 11.4 Å². The van der Waals surface area contributed by atoms with Gasteiger partial charge in [0.2, 0.25) is 0 Å². The van der Waals surface area contributed by atoms with E-state index in [0.29, 0.717) is 20.9 Å². The second-order valence-corrected chi connectivity index (χ2v) is 9.46. The first kappa shape index (κ1) is 21.3. The maximum absolute atomic E-state index is 13.1. The Morgan fingerprint density at radius 1 is 1.25 bits per heavy atom. The molecule has 1 aromatic carbocycles. The number of benzene rings is 1. The molecule has 0 fully saturated rings. The van der Waals surface area contributed by atoms with Crippen LogP contribution in [0, 0.1) is 0 Å². The van der Waals surface area contributed by atoms with Crippen LogP contribution in [0.15, 0.2) is 53.5 Å². The number of halogens is 3. The number of hydrogen-bond donors (Lipinski definition) is 0. The molecule has 0 saturated heterocycles. The zero-order chi connectivity index (χ0) is 18.8. The van der Waals surface area contributed by atoms with Gasteiger partial charge in [0, 0.05) is 30.0 Å². The predicted molar refractivity (Wildman–Crippen MR) is 122 cm³/mol. The molecule has 4 rings (SSSR count). The van der Waals surface area contributed by atoms with Gasteiger partial charge < -0.3 is 4.57 Å². The van der Waals surface area contributed by atoms with Gasteiger partial charge in [-0.1, -0.05) is 38.9 Å². The van der Waals surface area contributed by atoms with Gasteiger partial charge in [0.25, 0.3) is 5.91 Å². The lowest BCUT2D eigenvalue weighted by atomic mass is 10.3. The predicted octanol–water partition coefficient (Wildman–Crippen LogP) is 6.13.